The highest BCUT2D eigenvalue weighted by Gasteiger charge is 2.10. The average molecular weight is 224 g/mol. The van der Waals surface area contributed by atoms with Crippen LogP contribution in [0.15, 0.2) is 27.2 Å². The second-order valence-electron chi connectivity index (χ2n) is 2.63. The van der Waals surface area contributed by atoms with E-state index in [-0.39, 0.29) is 5.17 Å². The van der Waals surface area contributed by atoms with Crippen LogP contribution in [0.1, 0.15) is 5.89 Å². The fourth-order valence-corrected chi connectivity index (χ4v) is 1.35. The number of furan rings is 1. The van der Waals surface area contributed by atoms with Gasteiger partial charge in [-0.25, -0.2) is 0 Å². The van der Waals surface area contributed by atoms with Gasteiger partial charge in [-0.2, -0.15) is 0 Å². The number of hydrogen-bond donors (Lipinski definition) is 2. The summed E-state index contributed by atoms with van der Waals surface area (Å²) in [7, 11) is 0. The monoisotopic (exact) mass is 224 g/mol. The maximum atomic E-state index is 7.02. The maximum absolute atomic E-state index is 7.02. The van der Waals surface area contributed by atoms with Crippen molar-refractivity contribution in [2.24, 2.45) is 5.73 Å². The number of nitrogens with one attached hydrogen (secondary N) is 1. The van der Waals surface area contributed by atoms with Crippen molar-refractivity contribution in [3.05, 3.63) is 24.3 Å². The Morgan fingerprint density at radius 1 is 1.53 bits per heavy atom. The molecular formula is C8H8N4O2S. The summed E-state index contributed by atoms with van der Waals surface area (Å²) >= 11 is 1.13. The Morgan fingerprint density at radius 3 is 3.07 bits per heavy atom. The topological polar surface area (TPSA) is 102 Å². The zero-order valence-corrected chi connectivity index (χ0v) is 8.45. The third-order valence-electron chi connectivity index (χ3n) is 1.55. The molecule has 0 atom stereocenters. The van der Waals surface area contributed by atoms with Crippen LogP contribution in [-0.4, -0.2) is 15.4 Å². The summed E-state index contributed by atoms with van der Waals surface area (Å²) < 4.78 is 10.4. The summed E-state index contributed by atoms with van der Waals surface area (Å²) in [5.74, 6) is 1.67. The molecule has 0 aliphatic rings. The van der Waals surface area contributed by atoms with Gasteiger partial charge in [-0.15, -0.1) is 10.2 Å². The van der Waals surface area contributed by atoms with Gasteiger partial charge in [-0.1, -0.05) is 11.8 Å². The molecule has 0 radical (unpaired) electrons. The van der Waals surface area contributed by atoms with Crippen molar-refractivity contribution >= 4 is 16.9 Å². The Hall–Kier alpha value is -1.76. The van der Waals surface area contributed by atoms with Crippen molar-refractivity contribution in [2.75, 3.05) is 0 Å². The largest absolute Gasteiger partial charge is 0.459 e. The van der Waals surface area contributed by atoms with E-state index >= 15 is 0 Å². The first-order chi connectivity index (χ1) is 7.25. The van der Waals surface area contributed by atoms with Crippen molar-refractivity contribution in [3.8, 4) is 11.7 Å². The number of nitrogens with two attached hydrogens (primary N) is 1. The molecule has 0 bridgehead atoms. The average Bonchev–Trinajstić information content (AvgIpc) is 2.85. The molecule has 0 saturated heterocycles. The van der Waals surface area contributed by atoms with Gasteiger partial charge in [-0.3, -0.25) is 5.41 Å². The Morgan fingerprint density at radius 2 is 2.40 bits per heavy atom. The molecule has 78 valence electrons. The highest BCUT2D eigenvalue weighted by atomic mass is 32.2. The molecule has 2 aromatic heterocycles. The first kappa shape index (κ1) is 9.78. The number of aromatic nitrogens is 2. The molecule has 0 spiro atoms. The minimum Gasteiger partial charge on any atom is -0.459 e. The van der Waals surface area contributed by atoms with Crippen LogP contribution in [0.3, 0.4) is 0 Å². The lowest BCUT2D eigenvalue weighted by Crippen LogP contribution is -2.03. The SMILES string of the molecule is N=C(N)SCc1nnc(-c2ccco2)o1. The lowest BCUT2D eigenvalue weighted by Gasteiger charge is -1.91. The molecule has 0 aromatic carbocycles. The quantitative estimate of drug-likeness (QED) is 0.604. The number of thioether (sulfide) groups is 1. The van der Waals surface area contributed by atoms with Gasteiger partial charge in [-0.05, 0) is 12.1 Å². The van der Waals surface area contributed by atoms with Gasteiger partial charge in [0, 0.05) is 0 Å². The molecule has 2 heterocycles. The molecular weight excluding hydrogens is 216 g/mol. The van der Waals surface area contributed by atoms with Gasteiger partial charge < -0.3 is 14.6 Å². The maximum Gasteiger partial charge on any atom is 0.283 e. The molecule has 7 heteroatoms. The lowest BCUT2D eigenvalue weighted by atomic mass is 10.5. The van der Waals surface area contributed by atoms with Crippen molar-refractivity contribution in [2.45, 2.75) is 5.75 Å². The fraction of sp³-hybridized carbons (Fsp3) is 0.125. The summed E-state index contributed by atoms with van der Waals surface area (Å²) in [6.45, 7) is 0. The Labute approximate surface area is 89.4 Å². The number of hydrogen-bond acceptors (Lipinski definition) is 6. The van der Waals surface area contributed by atoms with E-state index in [2.05, 4.69) is 10.2 Å². The van der Waals surface area contributed by atoms with Crippen molar-refractivity contribution in [3.63, 3.8) is 0 Å². The number of nitrogens with zero attached hydrogens (tertiary/aromatic N) is 2. The van der Waals surface area contributed by atoms with Gasteiger partial charge in [0.05, 0.1) is 12.0 Å². The smallest absolute Gasteiger partial charge is 0.283 e. The van der Waals surface area contributed by atoms with E-state index in [1.807, 2.05) is 0 Å². The first-order valence-corrected chi connectivity index (χ1v) is 5.07. The highest BCUT2D eigenvalue weighted by molar-refractivity contribution is 8.12. The normalized spacial score (nSPS) is 10.4. The Balaban J connectivity index is 2.08. The lowest BCUT2D eigenvalue weighted by molar-refractivity contribution is 0.494. The predicted molar refractivity (Wildman–Crippen MR) is 55.2 cm³/mol. The van der Waals surface area contributed by atoms with Crippen molar-refractivity contribution < 1.29 is 8.83 Å². The van der Waals surface area contributed by atoms with Gasteiger partial charge in [0.1, 0.15) is 0 Å². The summed E-state index contributed by atoms with van der Waals surface area (Å²) in [4.78, 5) is 0. The van der Waals surface area contributed by atoms with E-state index in [9.17, 15) is 0 Å². The molecule has 15 heavy (non-hydrogen) atoms. The van der Waals surface area contributed by atoms with Crippen molar-refractivity contribution in [1.29, 1.82) is 5.41 Å². The van der Waals surface area contributed by atoms with Gasteiger partial charge >= 0.3 is 0 Å². The van der Waals surface area contributed by atoms with Gasteiger partial charge in [0.25, 0.3) is 5.89 Å². The van der Waals surface area contributed by atoms with E-state index < -0.39 is 0 Å². The summed E-state index contributed by atoms with van der Waals surface area (Å²) in [5, 5.41) is 14.6. The zero-order valence-electron chi connectivity index (χ0n) is 7.64. The molecule has 3 N–H and O–H groups in total. The second-order valence-corrected chi connectivity index (χ2v) is 3.65. The molecule has 0 aliphatic heterocycles. The third kappa shape index (κ3) is 2.38. The van der Waals surface area contributed by atoms with Crippen LogP contribution in [0.4, 0.5) is 0 Å². The van der Waals surface area contributed by atoms with Crippen LogP contribution in [-0.2, 0) is 5.75 Å². The van der Waals surface area contributed by atoms with Crippen LogP contribution in [0, 0.1) is 5.41 Å². The highest BCUT2D eigenvalue weighted by Crippen LogP contribution is 2.19. The molecule has 2 rings (SSSR count). The van der Waals surface area contributed by atoms with Crippen LogP contribution in [0.25, 0.3) is 11.7 Å². The molecule has 2 aromatic rings. The molecule has 0 unspecified atom stereocenters. The molecule has 0 aliphatic carbocycles. The Kier molecular flexibility index (Phi) is 2.72. The number of rotatable bonds is 3. The van der Waals surface area contributed by atoms with E-state index in [0.717, 1.165) is 11.8 Å². The van der Waals surface area contributed by atoms with Crippen LogP contribution < -0.4 is 5.73 Å². The summed E-state index contributed by atoms with van der Waals surface area (Å²) in [6, 6.07) is 3.47. The zero-order chi connectivity index (χ0) is 10.7. The van der Waals surface area contributed by atoms with Gasteiger partial charge in [0.15, 0.2) is 10.9 Å². The summed E-state index contributed by atoms with van der Waals surface area (Å²) in [6.07, 6.45) is 1.53. The van der Waals surface area contributed by atoms with E-state index in [4.69, 9.17) is 20.0 Å². The minimum atomic E-state index is 0.0211. The molecule has 0 fully saturated rings. The van der Waals surface area contributed by atoms with E-state index in [1.165, 1.54) is 6.26 Å². The van der Waals surface area contributed by atoms with Crippen molar-refractivity contribution in [1.82, 2.24) is 10.2 Å². The van der Waals surface area contributed by atoms with E-state index in [1.54, 1.807) is 12.1 Å². The van der Waals surface area contributed by atoms with Gasteiger partial charge in [0.2, 0.25) is 5.89 Å². The molecule has 6 nitrogen and oxygen atoms in total. The minimum absolute atomic E-state index is 0.0211. The Bertz CT molecular complexity index is 451. The number of amidine groups is 1. The summed E-state index contributed by atoms with van der Waals surface area (Å²) in [5.41, 5.74) is 5.18. The standard InChI is InChI=1S/C8H8N4O2S/c9-8(10)15-4-6-11-12-7(14-6)5-2-1-3-13-5/h1-3H,4H2,(H3,9,10). The first-order valence-electron chi connectivity index (χ1n) is 4.09. The second kappa shape index (κ2) is 4.18. The van der Waals surface area contributed by atoms with Crippen LogP contribution in [0.5, 0.6) is 0 Å². The predicted octanol–water partition coefficient (Wildman–Crippen LogP) is 1.46. The molecule has 0 saturated carbocycles. The third-order valence-corrected chi connectivity index (χ3v) is 2.25. The van der Waals surface area contributed by atoms with E-state index in [0.29, 0.717) is 23.3 Å². The molecule has 0 amide bonds. The van der Waals surface area contributed by atoms with Crippen LogP contribution >= 0.6 is 11.8 Å². The fourth-order valence-electron chi connectivity index (χ4n) is 0.951. The van der Waals surface area contributed by atoms with Crippen LogP contribution in [0.2, 0.25) is 0 Å².